The lowest BCUT2D eigenvalue weighted by Gasteiger charge is -2.13. The van der Waals surface area contributed by atoms with Crippen LogP contribution in [0.3, 0.4) is 0 Å². The minimum atomic E-state index is -2.75. The van der Waals surface area contributed by atoms with Crippen LogP contribution in [0.1, 0.15) is 28.9 Å². The molecule has 0 amide bonds. The third kappa shape index (κ3) is 2.59. The number of alkyl halides is 2. The monoisotopic (exact) mass is 310 g/mol. The Kier molecular flexibility index (Phi) is 3.66. The first kappa shape index (κ1) is 14.3. The summed E-state index contributed by atoms with van der Waals surface area (Å²) in [5.41, 5.74) is -0.235. The topological polar surface area (TPSA) is 84.4 Å². The molecule has 0 bridgehead atoms. The highest BCUT2D eigenvalue weighted by Crippen LogP contribution is 2.40. The maximum Gasteiger partial charge on any atom is 0.353 e. The number of fused-ring (bicyclic) bond motifs is 1. The van der Waals surface area contributed by atoms with Gasteiger partial charge in [-0.2, -0.15) is 5.10 Å². The van der Waals surface area contributed by atoms with Gasteiger partial charge in [-0.1, -0.05) is 0 Å². The quantitative estimate of drug-likeness (QED) is 0.910. The first-order chi connectivity index (χ1) is 10.6. The minimum Gasteiger partial charge on any atom is -0.490 e. The number of aromatic carboxylic acids is 1. The number of aromatic nitrogens is 2. The highest BCUT2D eigenvalue weighted by molar-refractivity contribution is 5.87. The van der Waals surface area contributed by atoms with Crippen molar-refractivity contribution in [1.29, 1.82) is 0 Å². The zero-order chi connectivity index (χ0) is 15.7. The van der Waals surface area contributed by atoms with Crippen LogP contribution in [-0.2, 0) is 0 Å². The molecule has 0 saturated heterocycles. The van der Waals surface area contributed by atoms with Gasteiger partial charge in [0, 0.05) is 17.5 Å². The van der Waals surface area contributed by atoms with E-state index in [-0.39, 0.29) is 28.3 Å². The molecule has 1 aromatic carbocycles. The average molecular weight is 310 g/mol. The van der Waals surface area contributed by atoms with Gasteiger partial charge in [-0.05, 0) is 18.2 Å². The van der Waals surface area contributed by atoms with E-state index in [0.29, 0.717) is 25.4 Å². The smallest absolute Gasteiger partial charge is 0.353 e. The van der Waals surface area contributed by atoms with Gasteiger partial charge in [-0.25, -0.2) is 13.6 Å². The van der Waals surface area contributed by atoms with Crippen LogP contribution in [0.5, 0.6) is 11.5 Å². The predicted molar refractivity (Wildman–Crippen MR) is 71.5 cm³/mol. The number of H-pyrrole nitrogens is 1. The summed E-state index contributed by atoms with van der Waals surface area (Å²) >= 11 is 0. The number of hydrogen-bond acceptors (Lipinski definition) is 4. The van der Waals surface area contributed by atoms with Gasteiger partial charge in [0.05, 0.1) is 18.9 Å². The number of rotatable bonds is 3. The zero-order valence-electron chi connectivity index (χ0n) is 11.3. The Labute approximate surface area is 123 Å². The Balaban J connectivity index is 2.11. The second-order valence-electron chi connectivity index (χ2n) is 4.71. The Bertz CT molecular complexity index is 715. The number of halogens is 2. The normalized spacial score (nSPS) is 14.0. The van der Waals surface area contributed by atoms with Crippen LogP contribution in [0.15, 0.2) is 18.2 Å². The molecule has 1 aliphatic rings. The van der Waals surface area contributed by atoms with Gasteiger partial charge >= 0.3 is 5.97 Å². The summed E-state index contributed by atoms with van der Waals surface area (Å²) in [5, 5.41) is 15.0. The molecule has 0 radical (unpaired) electrons. The van der Waals surface area contributed by atoms with Gasteiger partial charge in [-0.3, -0.25) is 5.10 Å². The molecule has 22 heavy (non-hydrogen) atoms. The molecule has 2 heterocycles. The van der Waals surface area contributed by atoms with Crippen molar-refractivity contribution in [2.45, 2.75) is 12.8 Å². The van der Waals surface area contributed by atoms with E-state index in [1.165, 1.54) is 18.2 Å². The van der Waals surface area contributed by atoms with Crippen molar-refractivity contribution in [2.75, 3.05) is 13.2 Å². The largest absolute Gasteiger partial charge is 0.490 e. The van der Waals surface area contributed by atoms with Gasteiger partial charge in [0.2, 0.25) is 0 Å². The van der Waals surface area contributed by atoms with Crippen LogP contribution in [0.2, 0.25) is 0 Å². The molecule has 0 aliphatic carbocycles. The third-order valence-electron chi connectivity index (χ3n) is 3.24. The molecular weight excluding hydrogens is 298 g/mol. The number of nitrogens with zero attached hydrogens (tertiary/aromatic N) is 1. The lowest BCUT2D eigenvalue weighted by Crippen LogP contribution is -1.97. The van der Waals surface area contributed by atoms with Crippen molar-refractivity contribution in [1.82, 2.24) is 10.2 Å². The van der Waals surface area contributed by atoms with Crippen molar-refractivity contribution >= 4 is 5.97 Å². The summed E-state index contributed by atoms with van der Waals surface area (Å²) < 4.78 is 37.5. The van der Waals surface area contributed by atoms with E-state index in [0.717, 1.165) is 0 Å². The van der Waals surface area contributed by atoms with Crippen molar-refractivity contribution in [2.24, 2.45) is 0 Å². The Morgan fingerprint density at radius 1 is 1.23 bits per heavy atom. The van der Waals surface area contributed by atoms with E-state index in [1.807, 2.05) is 0 Å². The SMILES string of the molecule is O=C(O)c1cc(-c2cc3c(cc2C(F)F)OCCCO3)n[nH]1. The summed E-state index contributed by atoms with van der Waals surface area (Å²) in [5.74, 6) is -0.617. The predicted octanol–water partition coefficient (Wildman–Crippen LogP) is 2.87. The molecule has 8 heteroatoms. The van der Waals surface area contributed by atoms with Crippen LogP contribution in [-0.4, -0.2) is 34.5 Å². The lowest BCUT2D eigenvalue weighted by molar-refractivity contribution is 0.0690. The summed E-state index contributed by atoms with van der Waals surface area (Å²) in [6, 6.07) is 3.83. The summed E-state index contributed by atoms with van der Waals surface area (Å²) in [4.78, 5) is 10.9. The van der Waals surface area contributed by atoms with Crippen LogP contribution in [0.4, 0.5) is 8.78 Å². The number of carboxylic acids is 1. The van der Waals surface area contributed by atoms with E-state index in [1.54, 1.807) is 0 Å². The second kappa shape index (κ2) is 5.63. The van der Waals surface area contributed by atoms with E-state index in [9.17, 15) is 13.6 Å². The Morgan fingerprint density at radius 2 is 1.91 bits per heavy atom. The van der Waals surface area contributed by atoms with Crippen LogP contribution in [0.25, 0.3) is 11.3 Å². The van der Waals surface area contributed by atoms with Crippen LogP contribution >= 0.6 is 0 Å². The molecule has 0 fully saturated rings. The first-order valence-corrected chi connectivity index (χ1v) is 6.57. The van der Waals surface area contributed by atoms with Gasteiger partial charge in [0.15, 0.2) is 11.5 Å². The number of carbonyl (C=O) groups is 1. The van der Waals surface area contributed by atoms with E-state index >= 15 is 0 Å². The lowest BCUT2D eigenvalue weighted by atomic mass is 10.0. The van der Waals surface area contributed by atoms with Gasteiger partial charge in [0.1, 0.15) is 5.69 Å². The highest BCUT2D eigenvalue weighted by atomic mass is 19.3. The van der Waals surface area contributed by atoms with E-state index in [2.05, 4.69) is 10.2 Å². The van der Waals surface area contributed by atoms with Crippen molar-refractivity contribution < 1.29 is 28.2 Å². The number of carboxylic acid groups (broad SMARTS) is 1. The van der Waals surface area contributed by atoms with Crippen molar-refractivity contribution in [3.63, 3.8) is 0 Å². The molecular formula is C14H12F2N2O4. The molecule has 0 saturated carbocycles. The molecule has 2 aromatic rings. The standard InChI is InChI=1S/C14H12F2N2O4/c15-13(16)8-5-12-11(21-2-1-3-22-12)4-7(8)9-6-10(14(19)20)18-17-9/h4-6,13H,1-3H2,(H,17,18)(H,19,20). The fourth-order valence-corrected chi connectivity index (χ4v) is 2.20. The molecule has 2 N–H and O–H groups in total. The number of hydrogen-bond donors (Lipinski definition) is 2. The number of aromatic amines is 1. The number of nitrogens with one attached hydrogen (secondary N) is 1. The highest BCUT2D eigenvalue weighted by Gasteiger charge is 2.23. The zero-order valence-corrected chi connectivity index (χ0v) is 11.3. The molecule has 0 unspecified atom stereocenters. The van der Waals surface area contributed by atoms with Gasteiger partial charge < -0.3 is 14.6 Å². The van der Waals surface area contributed by atoms with Crippen molar-refractivity contribution in [3.05, 3.63) is 29.5 Å². The first-order valence-electron chi connectivity index (χ1n) is 6.57. The summed E-state index contributed by atoms with van der Waals surface area (Å²) in [6.45, 7) is 0.808. The van der Waals surface area contributed by atoms with E-state index in [4.69, 9.17) is 14.6 Å². The average Bonchev–Trinajstić information content (AvgIpc) is 2.86. The Hall–Kier alpha value is -2.64. The van der Waals surface area contributed by atoms with Gasteiger partial charge in [0.25, 0.3) is 6.43 Å². The van der Waals surface area contributed by atoms with E-state index < -0.39 is 12.4 Å². The van der Waals surface area contributed by atoms with Crippen molar-refractivity contribution in [3.8, 4) is 22.8 Å². The van der Waals surface area contributed by atoms with Crippen LogP contribution < -0.4 is 9.47 Å². The third-order valence-corrected chi connectivity index (χ3v) is 3.24. The van der Waals surface area contributed by atoms with Crippen LogP contribution in [0, 0.1) is 0 Å². The minimum absolute atomic E-state index is 0.114. The second-order valence-corrected chi connectivity index (χ2v) is 4.71. The maximum atomic E-state index is 13.3. The molecule has 3 rings (SSSR count). The molecule has 0 spiro atoms. The molecule has 1 aromatic heterocycles. The summed E-state index contributed by atoms with van der Waals surface area (Å²) in [6.07, 6.45) is -2.10. The summed E-state index contributed by atoms with van der Waals surface area (Å²) in [7, 11) is 0. The molecule has 116 valence electrons. The van der Waals surface area contributed by atoms with Gasteiger partial charge in [-0.15, -0.1) is 0 Å². The molecule has 1 aliphatic heterocycles. The fraction of sp³-hybridized carbons (Fsp3) is 0.286. The molecule has 0 atom stereocenters. The maximum absolute atomic E-state index is 13.3. The number of ether oxygens (including phenoxy) is 2. The number of benzene rings is 1. The molecule has 6 nitrogen and oxygen atoms in total. The fourth-order valence-electron chi connectivity index (χ4n) is 2.20. The Morgan fingerprint density at radius 3 is 2.50 bits per heavy atom.